The van der Waals surface area contributed by atoms with Crippen molar-refractivity contribution in [2.24, 2.45) is 18.4 Å². The van der Waals surface area contributed by atoms with E-state index < -0.39 is 0 Å². The Morgan fingerprint density at radius 3 is 2.88 bits per heavy atom. The second kappa shape index (κ2) is 4.81. The summed E-state index contributed by atoms with van der Waals surface area (Å²) in [4.78, 5) is 0. The van der Waals surface area contributed by atoms with E-state index in [2.05, 4.69) is 49.1 Å². The molecule has 0 amide bonds. The molecule has 0 spiro atoms. The minimum absolute atomic E-state index is 0.471. The van der Waals surface area contributed by atoms with E-state index in [1.807, 2.05) is 6.20 Å². The topological polar surface area (TPSA) is 29.9 Å². The van der Waals surface area contributed by atoms with Crippen molar-refractivity contribution in [3.63, 3.8) is 0 Å². The Bertz CT molecular complexity index is 367. The summed E-state index contributed by atoms with van der Waals surface area (Å²) in [5.41, 5.74) is 1.87. The molecular weight excluding hydrogens is 210 g/mol. The first kappa shape index (κ1) is 12.6. The van der Waals surface area contributed by atoms with Crippen molar-refractivity contribution in [3.05, 3.63) is 18.0 Å². The van der Waals surface area contributed by atoms with Gasteiger partial charge in [0.05, 0.1) is 0 Å². The first-order valence-corrected chi connectivity index (χ1v) is 6.66. The van der Waals surface area contributed by atoms with E-state index in [0.717, 1.165) is 12.5 Å². The molecule has 1 N–H and O–H groups in total. The molecule has 1 saturated carbocycles. The molecule has 96 valence electrons. The molecule has 17 heavy (non-hydrogen) atoms. The molecule has 2 rings (SSSR count). The van der Waals surface area contributed by atoms with Crippen LogP contribution >= 0.6 is 0 Å². The first-order chi connectivity index (χ1) is 8.03. The fourth-order valence-corrected chi connectivity index (χ4v) is 3.24. The van der Waals surface area contributed by atoms with Crippen molar-refractivity contribution < 1.29 is 0 Å². The Hall–Kier alpha value is -0.830. The molecular formula is C14H25N3. The molecule has 0 aliphatic heterocycles. The van der Waals surface area contributed by atoms with Crippen LogP contribution in [0, 0.1) is 11.3 Å². The molecule has 2 unspecified atom stereocenters. The Labute approximate surface area is 105 Å². The molecule has 2 atom stereocenters. The SMILES string of the molecule is CNCC1CCC(C)(C)CC1c1ccnn1C. The van der Waals surface area contributed by atoms with Gasteiger partial charge < -0.3 is 5.32 Å². The van der Waals surface area contributed by atoms with Crippen LogP contribution in [-0.4, -0.2) is 23.4 Å². The minimum atomic E-state index is 0.471. The van der Waals surface area contributed by atoms with Crippen molar-refractivity contribution in [3.8, 4) is 0 Å². The van der Waals surface area contributed by atoms with Gasteiger partial charge in [-0.05, 0) is 50.3 Å². The molecule has 0 bridgehead atoms. The molecule has 1 aliphatic rings. The summed E-state index contributed by atoms with van der Waals surface area (Å²) in [5, 5.41) is 7.68. The third-order valence-corrected chi connectivity index (χ3v) is 4.24. The monoisotopic (exact) mass is 235 g/mol. The lowest BCUT2D eigenvalue weighted by molar-refractivity contribution is 0.156. The molecule has 1 fully saturated rings. The molecule has 1 heterocycles. The van der Waals surface area contributed by atoms with Crippen LogP contribution in [0.4, 0.5) is 0 Å². The normalized spacial score (nSPS) is 28.2. The largest absolute Gasteiger partial charge is 0.319 e. The molecule has 3 nitrogen and oxygen atoms in total. The lowest BCUT2D eigenvalue weighted by atomic mass is 9.66. The van der Waals surface area contributed by atoms with Crippen LogP contribution in [0.2, 0.25) is 0 Å². The molecule has 0 saturated heterocycles. The summed E-state index contributed by atoms with van der Waals surface area (Å²) in [6.45, 7) is 5.91. The zero-order chi connectivity index (χ0) is 12.5. The summed E-state index contributed by atoms with van der Waals surface area (Å²) < 4.78 is 2.05. The number of rotatable bonds is 3. The number of aryl methyl sites for hydroxylation is 1. The smallest absolute Gasteiger partial charge is 0.0492 e. The maximum Gasteiger partial charge on any atom is 0.0492 e. The van der Waals surface area contributed by atoms with Crippen LogP contribution in [0.25, 0.3) is 0 Å². The van der Waals surface area contributed by atoms with Gasteiger partial charge in [0.15, 0.2) is 0 Å². The van der Waals surface area contributed by atoms with Gasteiger partial charge in [-0.2, -0.15) is 5.10 Å². The van der Waals surface area contributed by atoms with Gasteiger partial charge in [-0.3, -0.25) is 4.68 Å². The fraction of sp³-hybridized carbons (Fsp3) is 0.786. The van der Waals surface area contributed by atoms with Gasteiger partial charge in [0, 0.05) is 24.9 Å². The molecule has 0 radical (unpaired) electrons. The number of nitrogens with one attached hydrogen (secondary N) is 1. The van der Waals surface area contributed by atoms with E-state index in [1.54, 1.807) is 0 Å². The van der Waals surface area contributed by atoms with Gasteiger partial charge in [0.1, 0.15) is 0 Å². The quantitative estimate of drug-likeness (QED) is 0.872. The molecule has 1 aliphatic carbocycles. The van der Waals surface area contributed by atoms with Crippen LogP contribution in [0.15, 0.2) is 12.3 Å². The Morgan fingerprint density at radius 1 is 1.53 bits per heavy atom. The fourth-order valence-electron chi connectivity index (χ4n) is 3.24. The third kappa shape index (κ3) is 2.71. The highest BCUT2D eigenvalue weighted by atomic mass is 15.3. The van der Waals surface area contributed by atoms with E-state index in [-0.39, 0.29) is 0 Å². The van der Waals surface area contributed by atoms with Gasteiger partial charge in [-0.1, -0.05) is 13.8 Å². The summed E-state index contributed by atoms with van der Waals surface area (Å²) in [5.74, 6) is 1.40. The second-order valence-electron chi connectivity index (χ2n) is 6.21. The average Bonchev–Trinajstić information content (AvgIpc) is 2.67. The van der Waals surface area contributed by atoms with Crippen LogP contribution < -0.4 is 5.32 Å². The van der Waals surface area contributed by atoms with Crippen molar-refractivity contribution in [2.45, 2.75) is 39.0 Å². The molecule has 1 aromatic heterocycles. The average molecular weight is 235 g/mol. The van der Waals surface area contributed by atoms with E-state index in [1.165, 1.54) is 25.0 Å². The van der Waals surface area contributed by atoms with Crippen LogP contribution in [0.3, 0.4) is 0 Å². The lowest BCUT2D eigenvalue weighted by Crippen LogP contribution is -2.34. The Kier molecular flexibility index (Phi) is 3.57. The molecule has 0 aromatic carbocycles. The Balaban J connectivity index is 2.22. The van der Waals surface area contributed by atoms with Gasteiger partial charge in [-0.15, -0.1) is 0 Å². The molecule has 1 aromatic rings. The maximum absolute atomic E-state index is 4.33. The summed E-state index contributed by atoms with van der Waals surface area (Å²) in [6, 6.07) is 2.19. The van der Waals surface area contributed by atoms with Crippen molar-refractivity contribution in [1.82, 2.24) is 15.1 Å². The standard InChI is InChI=1S/C14H25N3/c1-14(2)7-5-11(10-15-3)12(9-14)13-6-8-16-17(13)4/h6,8,11-12,15H,5,7,9-10H2,1-4H3. The van der Waals surface area contributed by atoms with E-state index in [4.69, 9.17) is 0 Å². The van der Waals surface area contributed by atoms with E-state index in [0.29, 0.717) is 11.3 Å². The summed E-state index contributed by atoms with van der Waals surface area (Å²) in [7, 11) is 4.12. The minimum Gasteiger partial charge on any atom is -0.319 e. The highest BCUT2D eigenvalue weighted by Crippen LogP contribution is 2.46. The predicted molar refractivity (Wildman–Crippen MR) is 71.0 cm³/mol. The van der Waals surface area contributed by atoms with Gasteiger partial charge in [-0.25, -0.2) is 0 Å². The van der Waals surface area contributed by atoms with Gasteiger partial charge >= 0.3 is 0 Å². The first-order valence-electron chi connectivity index (χ1n) is 6.66. The van der Waals surface area contributed by atoms with Crippen molar-refractivity contribution in [2.75, 3.05) is 13.6 Å². The van der Waals surface area contributed by atoms with Crippen molar-refractivity contribution >= 4 is 0 Å². The van der Waals surface area contributed by atoms with Gasteiger partial charge in [0.2, 0.25) is 0 Å². The number of hydrogen-bond donors (Lipinski definition) is 1. The number of aromatic nitrogens is 2. The maximum atomic E-state index is 4.33. The second-order valence-corrected chi connectivity index (χ2v) is 6.21. The van der Waals surface area contributed by atoms with Crippen LogP contribution in [-0.2, 0) is 7.05 Å². The highest BCUT2D eigenvalue weighted by molar-refractivity contribution is 5.12. The van der Waals surface area contributed by atoms with Crippen molar-refractivity contribution in [1.29, 1.82) is 0 Å². The summed E-state index contributed by atoms with van der Waals surface area (Å²) >= 11 is 0. The van der Waals surface area contributed by atoms with E-state index >= 15 is 0 Å². The number of nitrogens with zero attached hydrogens (tertiary/aromatic N) is 2. The summed E-state index contributed by atoms with van der Waals surface area (Å²) in [6.07, 6.45) is 5.86. The zero-order valence-corrected chi connectivity index (χ0v) is 11.5. The van der Waals surface area contributed by atoms with Crippen LogP contribution in [0.5, 0.6) is 0 Å². The predicted octanol–water partition coefficient (Wildman–Crippen LogP) is 2.55. The lowest BCUT2D eigenvalue weighted by Gasteiger charge is -2.40. The Morgan fingerprint density at radius 2 is 2.29 bits per heavy atom. The molecule has 3 heteroatoms. The highest BCUT2D eigenvalue weighted by Gasteiger charge is 2.36. The van der Waals surface area contributed by atoms with Gasteiger partial charge in [0.25, 0.3) is 0 Å². The van der Waals surface area contributed by atoms with Crippen LogP contribution in [0.1, 0.15) is 44.7 Å². The van der Waals surface area contributed by atoms with E-state index in [9.17, 15) is 0 Å². The zero-order valence-electron chi connectivity index (χ0n) is 11.5. The third-order valence-electron chi connectivity index (χ3n) is 4.24. The number of hydrogen-bond acceptors (Lipinski definition) is 2.